The van der Waals surface area contributed by atoms with Crippen LogP contribution in [0.25, 0.3) is 0 Å². The number of carbonyl (C=O) groups is 2. The number of carbonyl (C=O) groups excluding carboxylic acids is 1. The number of urea groups is 1. The molecule has 0 saturated carbocycles. The lowest BCUT2D eigenvalue weighted by molar-refractivity contribution is -0.170. The van der Waals surface area contributed by atoms with Gasteiger partial charge in [0.15, 0.2) is 6.10 Å². The fraction of sp³-hybridized carbons (Fsp3) is 0.833. The first kappa shape index (κ1) is 15.7. The van der Waals surface area contributed by atoms with E-state index in [0.717, 1.165) is 0 Å². The molecule has 1 aliphatic heterocycles. The SMILES string of the molecule is CC1(C)CN(C(=O)NCC(O)C(=O)O)CC(C)(C)O1. The van der Waals surface area contributed by atoms with E-state index in [4.69, 9.17) is 14.9 Å². The summed E-state index contributed by atoms with van der Waals surface area (Å²) in [6.07, 6.45) is -1.59. The predicted molar refractivity (Wildman–Crippen MR) is 67.9 cm³/mol. The number of nitrogens with one attached hydrogen (secondary N) is 1. The molecule has 0 aromatic rings. The number of rotatable bonds is 3. The molecule has 7 heteroatoms. The van der Waals surface area contributed by atoms with E-state index in [-0.39, 0.29) is 6.54 Å². The topological polar surface area (TPSA) is 99.1 Å². The molecule has 110 valence electrons. The molecule has 1 saturated heterocycles. The molecule has 0 radical (unpaired) electrons. The largest absolute Gasteiger partial charge is 0.479 e. The van der Waals surface area contributed by atoms with Gasteiger partial charge in [0.2, 0.25) is 0 Å². The average molecular weight is 274 g/mol. The summed E-state index contributed by atoms with van der Waals surface area (Å²) in [7, 11) is 0. The van der Waals surface area contributed by atoms with E-state index in [1.807, 2.05) is 27.7 Å². The maximum atomic E-state index is 12.0. The lowest BCUT2D eigenvalue weighted by Crippen LogP contribution is -2.60. The van der Waals surface area contributed by atoms with Crippen LogP contribution in [-0.2, 0) is 9.53 Å². The molecule has 0 aromatic heterocycles. The summed E-state index contributed by atoms with van der Waals surface area (Å²) in [6.45, 7) is 8.06. The zero-order valence-corrected chi connectivity index (χ0v) is 11.8. The summed E-state index contributed by atoms with van der Waals surface area (Å²) in [5, 5.41) is 20.1. The fourth-order valence-corrected chi connectivity index (χ4v) is 2.31. The van der Waals surface area contributed by atoms with Gasteiger partial charge in [-0.25, -0.2) is 9.59 Å². The van der Waals surface area contributed by atoms with E-state index >= 15 is 0 Å². The second-order valence-corrected chi connectivity index (χ2v) is 6.02. The maximum Gasteiger partial charge on any atom is 0.334 e. The summed E-state index contributed by atoms with van der Waals surface area (Å²) in [4.78, 5) is 24.0. The lowest BCUT2D eigenvalue weighted by atomic mass is 9.99. The van der Waals surface area contributed by atoms with Crippen LogP contribution >= 0.6 is 0 Å². The van der Waals surface area contributed by atoms with Gasteiger partial charge in [0.05, 0.1) is 30.8 Å². The van der Waals surface area contributed by atoms with Gasteiger partial charge in [0.1, 0.15) is 0 Å². The summed E-state index contributed by atoms with van der Waals surface area (Å²) >= 11 is 0. The normalized spacial score (nSPS) is 22.7. The van der Waals surface area contributed by atoms with Gasteiger partial charge >= 0.3 is 12.0 Å². The Morgan fingerprint density at radius 3 is 2.16 bits per heavy atom. The van der Waals surface area contributed by atoms with Gasteiger partial charge in [0, 0.05) is 0 Å². The average Bonchev–Trinajstić information content (AvgIpc) is 2.20. The quantitative estimate of drug-likeness (QED) is 0.674. The van der Waals surface area contributed by atoms with E-state index in [1.54, 1.807) is 4.90 Å². The highest BCUT2D eigenvalue weighted by molar-refractivity contribution is 5.77. The van der Waals surface area contributed by atoms with Crippen LogP contribution in [-0.4, -0.2) is 64.1 Å². The molecule has 19 heavy (non-hydrogen) atoms. The molecular weight excluding hydrogens is 252 g/mol. The monoisotopic (exact) mass is 274 g/mol. The Bertz CT molecular complexity index is 351. The van der Waals surface area contributed by atoms with Crippen LogP contribution in [0.1, 0.15) is 27.7 Å². The molecular formula is C12H22N2O5. The highest BCUT2D eigenvalue weighted by Gasteiger charge is 2.40. The maximum absolute atomic E-state index is 12.0. The van der Waals surface area contributed by atoms with Crippen molar-refractivity contribution in [2.24, 2.45) is 0 Å². The third kappa shape index (κ3) is 4.68. The van der Waals surface area contributed by atoms with Crippen molar-refractivity contribution in [2.75, 3.05) is 19.6 Å². The number of aliphatic hydroxyl groups is 1. The van der Waals surface area contributed by atoms with Crippen molar-refractivity contribution in [1.29, 1.82) is 0 Å². The summed E-state index contributed by atoms with van der Waals surface area (Å²) in [5.41, 5.74) is -0.936. The van der Waals surface area contributed by atoms with Crippen molar-refractivity contribution in [2.45, 2.75) is 45.0 Å². The highest BCUT2D eigenvalue weighted by Crippen LogP contribution is 2.27. The molecule has 0 aliphatic carbocycles. The molecule has 0 spiro atoms. The predicted octanol–water partition coefficient (Wildman–Crippen LogP) is 0.0309. The molecule has 0 aromatic carbocycles. The van der Waals surface area contributed by atoms with Gasteiger partial charge in [-0.1, -0.05) is 0 Å². The molecule has 7 nitrogen and oxygen atoms in total. The molecule has 3 N–H and O–H groups in total. The molecule has 2 amide bonds. The molecule has 1 heterocycles. The third-order valence-electron chi connectivity index (χ3n) is 2.71. The number of hydrogen-bond donors (Lipinski definition) is 3. The van der Waals surface area contributed by atoms with E-state index < -0.39 is 29.3 Å². The molecule has 1 aliphatic rings. The van der Waals surface area contributed by atoms with Gasteiger partial charge in [-0.15, -0.1) is 0 Å². The smallest absolute Gasteiger partial charge is 0.334 e. The molecule has 0 bridgehead atoms. The number of morpholine rings is 1. The zero-order chi connectivity index (χ0) is 14.8. The number of carboxylic acid groups (broad SMARTS) is 1. The minimum Gasteiger partial charge on any atom is -0.479 e. The third-order valence-corrected chi connectivity index (χ3v) is 2.71. The van der Waals surface area contributed by atoms with Crippen LogP contribution in [0.5, 0.6) is 0 Å². The highest BCUT2D eigenvalue weighted by atomic mass is 16.5. The number of hydrogen-bond acceptors (Lipinski definition) is 4. The van der Waals surface area contributed by atoms with E-state index in [2.05, 4.69) is 5.32 Å². The van der Waals surface area contributed by atoms with Crippen LogP contribution in [0, 0.1) is 0 Å². The van der Waals surface area contributed by atoms with Crippen LogP contribution in [0.2, 0.25) is 0 Å². The number of carboxylic acids is 1. The first-order chi connectivity index (χ1) is 8.52. The number of aliphatic hydroxyl groups excluding tert-OH is 1. The second-order valence-electron chi connectivity index (χ2n) is 6.02. The minimum absolute atomic E-state index is 0.313. The first-order valence-electron chi connectivity index (χ1n) is 6.16. The number of aliphatic carboxylic acids is 1. The van der Waals surface area contributed by atoms with Gasteiger partial charge in [-0.05, 0) is 27.7 Å². The van der Waals surface area contributed by atoms with Gasteiger partial charge < -0.3 is 25.2 Å². The molecule has 1 rings (SSSR count). The van der Waals surface area contributed by atoms with Crippen molar-refractivity contribution in [3.05, 3.63) is 0 Å². The Morgan fingerprint density at radius 2 is 1.74 bits per heavy atom. The van der Waals surface area contributed by atoms with E-state index in [9.17, 15) is 9.59 Å². The van der Waals surface area contributed by atoms with Gasteiger partial charge in [-0.3, -0.25) is 0 Å². The number of nitrogens with zero attached hydrogens (tertiary/aromatic N) is 1. The van der Waals surface area contributed by atoms with Crippen molar-refractivity contribution < 1.29 is 24.5 Å². The number of amides is 2. The Hall–Kier alpha value is -1.34. The van der Waals surface area contributed by atoms with Crippen LogP contribution < -0.4 is 5.32 Å². The van der Waals surface area contributed by atoms with E-state index in [1.165, 1.54) is 0 Å². The van der Waals surface area contributed by atoms with Crippen molar-refractivity contribution in [3.63, 3.8) is 0 Å². The second kappa shape index (κ2) is 5.34. The fourth-order valence-electron chi connectivity index (χ4n) is 2.31. The van der Waals surface area contributed by atoms with Crippen LogP contribution in [0.3, 0.4) is 0 Å². The molecule has 1 atom stereocenters. The van der Waals surface area contributed by atoms with E-state index in [0.29, 0.717) is 13.1 Å². The van der Waals surface area contributed by atoms with Crippen molar-refractivity contribution >= 4 is 12.0 Å². The standard InChI is InChI=1S/C12H22N2O5/c1-11(2)6-14(7-12(3,4)19-11)10(18)13-5-8(15)9(16)17/h8,15H,5-7H2,1-4H3,(H,13,18)(H,16,17). The van der Waals surface area contributed by atoms with Crippen molar-refractivity contribution in [1.82, 2.24) is 10.2 Å². The Kier molecular flexibility index (Phi) is 4.42. The zero-order valence-electron chi connectivity index (χ0n) is 11.8. The van der Waals surface area contributed by atoms with Gasteiger partial charge in [0.25, 0.3) is 0 Å². The van der Waals surface area contributed by atoms with Gasteiger partial charge in [-0.2, -0.15) is 0 Å². The Labute approximate surface area is 112 Å². The summed E-state index contributed by atoms with van der Waals surface area (Å²) in [6, 6.07) is -0.398. The first-order valence-corrected chi connectivity index (χ1v) is 6.16. The lowest BCUT2D eigenvalue weighted by Gasteiger charge is -2.47. The molecule has 1 fully saturated rings. The Morgan fingerprint density at radius 1 is 1.26 bits per heavy atom. The van der Waals surface area contributed by atoms with Crippen LogP contribution in [0.4, 0.5) is 4.79 Å². The van der Waals surface area contributed by atoms with Crippen molar-refractivity contribution in [3.8, 4) is 0 Å². The molecule has 1 unspecified atom stereocenters. The summed E-state index contributed by atoms with van der Waals surface area (Å²) < 4.78 is 5.84. The minimum atomic E-state index is -1.59. The Balaban J connectivity index is 2.59. The summed E-state index contributed by atoms with van der Waals surface area (Å²) in [5.74, 6) is -1.36. The number of ether oxygens (including phenoxy) is 1. The van der Waals surface area contributed by atoms with Crippen LogP contribution in [0.15, 0.2) is 0 Å².